The monoisotopic (exact) mass is 366 g/mol. The summed E-state index contributed by atoms with van der Waals surface area (Å²) in [4.78, 5) is 12.1. The fraction of sp³-hybridized carbons (Fsp3) is 0.0588. The molecule has 2 aromatic rings. The highest BCUT2D eigenvalue weighted by Crippen LogP contribution is 2.30. The average molecular weight is 367 g/mol. The van der Waals surface area contributed by atoms with Gasteiger partial charge in [-0.3, -0.25) is 4.79 Å². The predicted octanol–water partition coefficient (Wildman–Crippen LogP) is 4.79. The molecule has 0 heterocycles. The summed E-state index contributed by atoms with van der Waals surface area (Å²) < 4.78 is 37.5. The summed E-state index contributed by atoms with van der Waals surface area (Å²) >= 11 is 5.72. The van der Waals surface area contributed by atoms with Gasteiger partial charge in [0.05, 0.1) is 5.56 Å². The van der Waals surface area contributed by atoms with Gasteiger partial charge in [-0.2, -0.15) is 18.4 Å². The van der Waals surface area contributed by atoms with Gasteiger partial charge in [-0.15, -0.1) is 0 Å². The van der Waals surface area contributed by atoms with Crippen LogP contribution in [0.3, 0.4) is 0 Å². The lowest BCUT2D eigenvalue weighted by molar-refractivity contribution is -0.137. The summed E-state index contributed by atoms with van der Waals surface area (Å²) in [5, 5.41) is 21.9. The second kappa shape index (κ2) is 7.28. The maximum Gasteiger partial charge on any atom is 0.416 e. The van der Waals surface area contributed by atoms with E-state index in [1.165, 1.54) is 24.3 Å². The molecule has 0 bridgehead atoms. The van der Waals surface area contributed by atoms with Crippen LogP contribution in [0, 0.1) is 11.3 Å². The van der Waals surface area contributed by atoms with Crippen LogP contribution in [0.15, 0.2) is 54.1 Å². The van der Waals surface area contributed by atoms with Gasteiger partial charge < -0.3 is 10.4 Å². The molecule has 1 amide bonds. The van der Waals surface area contributed by atoms with Crippen LogP contribution in [0.5, 0.6) is 0 Å². The van der Waals surface area contributed by atoms with E-state index in [1.807, 2.05) is 0 Å². The molecule has 0 aliphatic heterocycles. The molecule has 0 spiro atoms. The Morgan fingerprint density at radius 2 is 1.64 bits per heavy atom. The standard InChI is InChI=1S/C17H10ClF3N2O2/c18-12-5-1-10(2-6-12)15(24)14(9-22)16(25)23-13-7-3-11(4-8-13)17(19,20)21/h1-8,24H,(H,23,25)/b15-14-. The number of anilines is 1. The van der Waals surface area contributed by atoms with Crippen molar-refractivity contribution in [2.24, 2.45) is 0 Å². The van der Waals surface area contributed by atoms with E-state index in [0.717, 1.165) is 24.3 Å². The Labute approximate surface area is 145 Å². The first-order valence-corrected chi connectivity index (χ1v) is 7.18. The van der Waals surface area contributed by atoms with Crippen molar-refractivity contribution in [3.05, 3.63) is 70.3 Å². The lowest BCUT2D eigenvalue weighted by Gasteiger charge is -2.09. The van der Waals surface area contributed by atoms with Crippen LogP contribution < -0.4 is 5.32 Å². The van der Waals surface area contributed by atoms with Gasteiger partial charge in [0.25, 0.3) is 5.91 Å². The van der Waals surface area contributed by atoms with Gasteiger partial charge in [0.2, 0.25) is 0 Å². The Kier molecular flexibility index (Phi) is 5.35. The molecule has 0 radical (unpaired) electrons. The molecule has 0 aliphatic rings. The van der Waals surface area contributed by atoms with E-state index in [1.54, 1.807) is 6.07 Å². The number of hydrogen-bond acceptors (Lipinski definition) is 3. The number of aliphatic hydroxyl groups is 1. The van der Waals surface area contributed by atoms with Gasteiger partial charge in [0, 0.05) is 16.3 Å². The molecule has 0 saturated heterocycles. The number of alkyl halides is 3. The molecule has 0 saturated carbocycles. The molecule has 4 nitrogen and oxygen atoms in total. The summed E-state index contributed by atoms with van der Waals surface area (Å²) in [6.45, 7) is 0. The van der Waals surface area contributed by atoms with Gasteiger partial charge in [0.1, 0.15) is 11.8 Å². The van der Waals surface area contributed by atoms with Crippen molar-refractivity contribution in [3.8, 4) is 6.07 Å². The highest BCUT2D eigenvalue weighted by Gasteiger charge is 2.30. The van der Waals surface area contributed by atoms with E-state index in [-0.39, 0.29) is 11.3 Å². The SMILES string of the molecule is N#C/C(C(=O)Nc1ccc(C(F)(F)F)cc1)=C(/O)c1ccc(Cl)cc1. The summed E-state index contributed by atoms with van der Waals surface area (Å²) in [6, 6.07) is 11.0. The van der Waals surface area contributed by atoms with Crippen LogP contribution >= 0.6 is 11.6 Å². The zero-order chi connectivity index (χ0) is 18.6. The first-order valence-electron chi connectivity index (χ1n) is 6.80. The quantitative estimate of drug-likeness (QED) is 0.466. The molecule has 128 valence electrons. The normalized spacial score (nSPS) is 12.1. The molecule has 0 unspecified atom stereocenters. The summed E-state index contributed by atoms with van der Waals surface area (Å²) in [7, 11) is 0. The fourth-order valence-corrected chi connectivity index (χ4v) is 2.03. The Hall–Kier alpha value is -2.98. The number of carbonyl (C=O) groups excluding carboxylic acids is 1. The van der Waals surface area contributed by atoms with Crippen LogP contribution in [0.2, 0.25) is 5.02 Å². The molecule has 8 heteroatoms. The maximum atomic E-state index is 12.5. The van der Waals surface area contributed by atoms with Crippen molar-refractivity contribution in [2.75, 3.05) is 5.32 Å². The molecule has 25 heavy (non-hydrogen) atoms. The Balaban J connectivity index is 2.24. The topological polar surface area (TPSA) is 73.1 Å². The maximum absolute atomic E-state index is 12.5. The van der Waals surface area contributed by atoms with Crippen molar-refractivity contribution in [3.63, 3.8) is 0 Å². The van der Waals surface area contributed by atoms with Crippen molar-refractivity contribution >= 4 is 29.0 Å². The molecular formula is C17H10ClF3N2O2. The lowest BCUT2D eigenvalue weighted by Crippen LogP contribution is -2.15. The Morgan fingerprint density at radius 1 is 1.08 bits per heavy atom. The minimum absolute atomic E-state index is 0.0506. The van der Waals surface area contributed by atoms with Crippen LogP contribution in [-0.2, 0) is 11.0 Å². The largest absolute Gasteiger partial charge is 0.506 e. The molecule has 2 aromatic carbocycles. The first kappa shape index (κ1) is 18.4. The van der Waals surface area contributed by atoms with E-state index < -0.39 is 29.0 Å². The number of hydrogen-bond donors (Lipinski definition) is 2. The average Bonchev–Trinajstić information content (AvgIpc) is 2.55. The molecule has 0 atom stereocenters. The molecule has 0 aromatic heterocycles. The third kappa shape index (κ3) is 4.52. The number of nitrogens with zero attached hydrogens (tertiary/aromatic N) is 1. The number of nitrogens with one attached hydrogen (secondary N) is 1. The number of aliphatic hydroxyl groups excluding tert-OH is 1. The molecule has 2 N–H and O–H groups in total. The predicted molar refractivity (Wildman–Crippen MR) is 86.7 cm³/mol. The highest BCUT2D eigenvalue weighted by molar-refractivity contribution is 6.30. The van der Waals surface area contributed by atoms with Gasteiger partial charge >= 0.3 is 6.18 Å². The van der Waals surface area contributed by atoms with Crippen LogP contribution in [-0.4, -0.2) is 11.0 Å². The zero-order valence-corrected chi connectivity index (χ0v) is 13.2. The summed E-state index contributed by atoms with van der Waals surface area (Å²) in [6.07, 6.45) is -4.49. The third-order valence-electron chi connectivity index (χ3n) is 3.16. The molecular weight excluding hydrogens is 357 g/mol. The second-order valence-corrected chi connectivity index (χ2v) is 5.31. The number of halogens is 4. The summed E-state index contributed by atoms with van der Waals surface area (Å²) in [5.41, 5.74) is -1.20. The minimum Gasteiger partial charge on any atom is -0.506 e. The van der Waals surface area contributed by atoms with Crippen molar-refractivity contribution in [2.45, 2.75) is 6.18 Å². The zero-order valence-electron chi connectivity index (χ0n) is 12.4. The van der Waals surface area contributed by atoms with E-state index >= 15 is 0 Å². The van der Waals surface area contributed by atoms with Gasteiger partial charge in [-0.25, -0.2) is 0 Å². The molecule has 0 fully saturated rings. The van der Waals surface area contributed by atoms with Gasteiger partial charge in [-0.05, 0) is 48.5 Å². The van der Waals surface area contributed by atoms with E-state index in [9.17, 15) is 23.1 Å². The van der Waals surface area contributed by atoms with Crippen LogP contribution in [0.25, 0.3) is 5.76 Å². The second-order valence-electron chi connectivity index (χ2n) is 4.87. The number of benzene rings is 2. The Bertz CT molecular complexity index is 851. The smallest absolute Gasteiger partial charge is 0.416 e. The number of amides is 1. The van der Waals surface area contributed by atoms with Crippen LogP contribution in [0.1, 0.15) is 11.1 Å². The number of carbonyl (C=O) groups is 1. The van der Waals surface area contributed by atoms with Crippen LogP contribution in [0.4, 0.5) is 18.9 Å². The minimum atomic E-state index is -4.49. The lowest BCUT2D eigenvalue weighted by atomic mass is 10.1. The van der Waals surface area contributed by atoms with Crippen molar-refractivity contribution in [1.29, 1.82) is 5.26 Å². The number of rotatable bonds is 3. The van der Waals surface area contributed by atoms with E-state index in [2.05, 4.69) is 5.32 Å². The first-order chi connectivity index (χ1) is 11.7. The van der Waals surface area contributed by atoms with Crippen molar-refractivity contribution in [1.82, 2.24) is 0 Å². The molecule has 0 aliphatic carbocycles. The van der Waals surface area contributed by atoms with E-state index in [4.69, 9.17) is 16.9 Å². The third-order valence-corrected chi connectivity index (χ3v) is 3.42. The fourth-order valence-electron chi connectivity index (χ4n) is 1.90. The van der Waals surface area contributed by atoms with Crippen molar-refractivity contribution < 1.29 is 23.1 Å². The van der Waals surface area contributed by atoms with Gasteiger partial charge in [0.15, 0.2) is 5.57 Å². The summed E-state index contributed by atoms with van der Waals surface area (Å²) in [5.74, 6) is -1.52. The molecule has 2 rings (SSSR count). The highest BCUT2D eigenvalue weighted by atomic mass is 35.5. The van der Waals surface area contributed by atoms with Gasteiger partial charge in [-0.1, -0.05) is 11.6 Å². The number of nitriles is 1. The van der Waals surface area contributed by atoms with E-state index in [0.29, 0.717) is 5.02 Å². The Morgan fingerprint density at radius 3 is 2.12 bits per heavy atom.